The summed E-state index contributed by atoms with van der Waals surface area (Å²) < 4.78 is 5.47. The van der Waals surface area contributed by atoms with Crippen LogP contribution in [0.25, 0.3) is 5.70 Å². The molecule has 126 valence electrons. The molecule has 4 heterocycles. The zero-order valence-electron chi connectivity index (χ0n) is 13.0. The van der Waals surface area contributed by atoms with Crippen LogP contribution in [0, 0.1) is 0 Å². The van der Waals surface area contributed by atoms with Gasteiger partial charge in [0.25, 0.3) is 0 Å². The molecule has 1 aromatic heterocycles. The van der Waals surface area contributed by atoms with Crippen LogP contribution in [0.1, 0.15) is 12.7 Å². The molecule has 0 aromatic carbocycles. The summed E-state index contributed by atoms with van der Waals surface area (Å²) in [6, 6.07) is 3.33. The number of hydrogen-bond donors (Lipinski definition) is 2. The van der Waals surface area contributed by atoms with Crippen LogP contribution in [-0.2, 0) is 0 Å². The van der Waals surface area contributed by atoms with Crippen molar-refractivity contribution >= 4 is 23.9 Å². The molecular weight excluding hydrogens is 314 g/mol. The minimum atomic E-state index is -0.590. The number of aliphatic hydroxyl groups is 1. The highest BCUT2D eigenvalue weighted by Gasteiger charge is 2.51. The average molecular weight is 331 g/mol. The highest BCUT2D eigenvalue weighted by atomic mass is 16.3. The van der Waals surface area contributed by atoms with Crippen molar-refractivity contribution in [3.8, 4) is 0 Å². The lowest BCUT2D eigenvalue weighted by molar-refractivity contribution is 0.0658. The minimum absolute atomic E-state index is 0.147. The number of rotatable bonds is 4. The third-order valence-electron chi connectivity index (χ3n) is 4.08. The minimum Gasteiger partial charge on any atom is -0.463 e. The Morgan fingerprint density at radius 3 is 2.96 bits per heavy atom. The van der Waals surface area contributed by atoms with Gasteiger partial charge in [0.15, 0.2) is 11.6 Å². The number of aliphatic hydroxyl groups excluding tert-OH is 1. The Morgan fingerprint density at radius 1 is 1.46 bits per heavy atom. The summed E-state index contributed by atoms with van der Waals surface area (Å²) in [6.45, 7) is 2.35. The van der Waals surface area contributed by atoms with Crippen LogP contribution in [0.5, 0.6) is 0 Å². The van der Waals surface area contributed by atoms with Crippen LogP contribution in [0.2, 0.25) is 0 Å². The molecule has 1 atom stereocenters. The number of nitrogens with zero attached hydrogens (tertiary/aromatic N) is 6. The summed E-state index contributed by atoms with van der Waals surface area (Å²) in [5.74, 6) is 7.03. The molecule has 1 fully saturated rings. The number of hydrazine groups is 2. The number of aliphatic imine (C=N–C) groups is 2. The van der Waals surface area contributed by atoms with Crippen molar-refractivity contribution in [2.75, 3.05) is 19.7 Å². The van der Waals surface area contributed by atoms with E-state index in [-0.39, 0.29) is 19.2 Å². The first kappa shape index (κ1) is 14.7. The van der Waals surface area contributed by atoms with Crippen molar-refractivity contribution in [3.63, 3.8) is 0 Å². The van der Waals surface area contributed by atoms with Crippen molar-refractivity contribution in [1.29, 1.82) is 0 Å². The third kappa shape index (κ3) is 1.87. The van der Waals surface area contributed by atoms with E-state index in [1.807, 2.05) is 6.92 Å². The first-order valence-electron chi connectivity index (χ1n) is 7.60. The van der Waals surface area contributed by atoms with E-state index in [2.05, 4.69) is 9.98 Å². The fourth-order valence-corrected chi connectivity index (χ4v) is 3.07. The highest BCUT2D eigenvalue weighted by Crippen LogP contribution is 2.38. The van der Waals surface area contributed by atoms with E-state index in [0.29, 0.717) is 29.5 Å². The van der Waals surface area contributed by atoms with Gasteiger partial charge in [0.2, 0.25) is 6.29 Å². The van der Waals surface area contributed by atoms with Gasteiger partial charge in [0.05, 0.1) is 12.9 Å². The van der Waals surface area contributed by atoms with Crippen LogP contribution >= 0.6 is 0 Å². The Morgan fingerprint density at radius 2 is 2.29 bits per heavy atom. The van der Waals surface area contributed by atoms with E-state index >= 15 is 0 Å². The number of urea groups is 1. The quantitative estimate of drug-likeness (QED) is 0.740. The van der Waals surface area contributed by atoms with Gasteiger partial charge in [-0.05, 0) is 19.1 Å². The first-order chi connectivity index (χ1) is 11.7. The standard InChI is InChI=1S/C14H17N7O3/c1-2-20-14(23)18(5-6-22)13-17-12-11(21(13)20)10(16-8-19(12)15)9-4-3-7-24-9/h3-4,7-8,13,22H,2,5-6,15H2,1H3. The van der Waals surface area contributed by atoms with Crippen LogP contribution in [0.4, 0.5) is 4.79 Å². The lowest BCUT2D eigenvalue weighted by Crippen LogP contribution is -2.45. The molecule has 3 N–H and O–H groups in total. The van der Waals surface area contributed by atoms with Gasteiger partial charge in [-0.3, -0.25) is 4.90 Å². The van der Waals surface area contributed by atoms with Gasteiger partial charge in [0.1, 0.15) is 17.7 Å². The van der Waals surface area contributed by atoms with Crippen LogP contribution < -0.4 is 5.84 Å². The van der Waals surface area contributed by atoms with E-state index in [1.165, 1.54) is 16.2 Å². The van der Waals surface area contributed by atoms with E-state index in [4.69, 9.17) is 10.3 Å². The Labute approximate surface area is 137 Å². The molecule has 1 saturated heterocycles. The maximum Gasteiger partial charge on any atom is 0.342 e. The van der Waals surface area contributed by atoms with Crippen molar-refractivity contribution in [1.82, 2.24) is 19.9 Å². The van der Waals surface area contributed by atoms with Gasteiger partial charge in [-0.2, -0.15) is 0 Å². The summed E-state index contributed by atoms with van der Waals surface area (Å²) in [5.41, 5.74) is 1.16. The lowest BCUT2D eigenvalue weighted by atomic mass is 10.2. The Bertz CT molecular complexity index is 754. The number of carbonyl (C=O) groups is 1. The van der Waals surface area contributed by atoms with Crippen molar-refractivity contribution in [2.45, 2.75) is 13.2 Å². The largest absolute Gasteiger partial charge is 0.463 e. The van der Waals surface area contributed by atoms with Crippen LogP contribution in [0.3, 0.4) is 0 Å². The molecule has 1 aromatic rings. The maximum absolute atomic E-state index is 12.6. The number of nitrogens with two attached hydrogens (primary N) is 1. The molecule has 10 heteroatoms. The fourth-order valence-electron chi connectivity index (χ4n) is 3.07. The number of amides is 2. The summed E-state index contributed by atoms with van der Waals surface area (Å²) in [5, 5.41) is 13.9. The SMILES string of the molecule is CCN1C(=O)N(CCO)C2N=C3C(=C(c4ccco4)N=CN3N)N21. The Hall–Kier alpha value is -2.85. The topological polar surface area (TPSA) is 114 Å². The molecule has 0 spiro atoms. The van der Waals surface area contributed by atoms with E-state index in [1.54, 1.807) is 28.4 Å². The second-order valence-corrected chi connectivity index (χ2v) is 5.39. The number of furan rings is 1. The van der Waals surface area contributed by atoms with Crippen molar-refractivity contribution < 1.29 is 14.3 Å². The first-order valence-corrected chi connectivity index (χ1v) is 7.60. The third-order valence-corrected chi connectivity index (χ3v) is 4.08. The predicted molar refractivity (Wildman–Crippen MR) is 84.8 cm³/mol. The average Bonchev–Trinajstić information content (AvgIpc) is 3.27. The van der Waals surface area contributed by atoms with Crippen LogP contribution in [0.15, 0.2) is 38.5 Å². The molecular formula is C14H17N7O3. The van der Waals surface area contributed by atoms with Gasteiger partial charge in [0, 0.05) is 13.1 Å². The molecule has 0 bridgehead atoms. The van der Waals surface area contributed by atoms with Gasteiger partial charge >= 0.3 is 6.03 Å². The molecule has 0 saturated carbocycles. The Balaban J connectivity index is 1.87. The second-order valence-electron chi connectivity index (χ2n) is 5.39. The fraction of sp³-hybridized carbons (Fsp3) is 0.357. The molecule has 0 aliphatic carbocycles. The van der Waals surface area contributed by atoms with Gasteiger partial charge in [-0.15, -0.1) is 0 Å². The van der Waals surface area contributed by atoms with Crippen molar-refractivity contribution in [2.24, 2.45) is 15.8 Å². The molecule has 4 rings (SSSR count). The molecule has 3 aliphatic rings. The van der Waals surface area contributed by atoms with E-state index < -0.39 is 6.29 Å². The zero-order chi connectivity index (χ0) is 16.8. The second kappa shape index (κ2) is 5.35. The summed E-state index contributed by atoms with van der Waals surface area (Å²) in [7, 11) is 0. The van der Waals surface area contributed by atoms with Gasteiger partial charge in [-0.25, -0.2) is 35.6 Å². The van der Waals surface area contributed by atoms with Gasteiger partial charge < -0.3 is 9.52 Å². The normalized spacial score (nSPS) is 22.5. The summed E-state index contributed by atoms with van der Waals surface area (Å²) in [6.07, 6.45) is 2.42. The molecule has 10 nitrogen and oxygen atoms in total. The Kier molecular flexibility index (Phi) is 3.28. The van der Waals surface area contributed by atoms with Crippen LogP contribution in [-0.4, -0.2) is 69.2 Å². The van der Waals surface area contributed by atoms with Gasteiger partial charge in [-0.1, -0.05) is 0 Å². The number of fused-ring (bicyclic) bond motifs is 3. The smallest absolute Gasteiger partial charge is 0.342 e. The molecule has 1 unspecified atom stereocenters. The molecule has 24 heavy (non-hydrogen) atoms. The molecule has 2 amide bonds. The van der Waals surface area contributed by atoms with E-state index in [9.17, 15) is 9.90 Å². The number of carbonyl (C=O) groups excluding carboxylic acids is 1. The predicted octanol–water partition coefficient (Wildman–Crippen LogP) is -0.172. The zero-order valence-corrected chi connectivity index (χ0v) is 13.0. The van der Waals surface area contributed by atoms with Crippen molar-refractivity contribution in [3.05, 3.63) is 29.9 Å². The summed E-state index contributed by atoms with van der Waals surface area (Å²) >= 11 is 0. The monoisotopic (exact) mass is 331 g/mol. The number of amidine groups is 1. The number of hydrogen-bond acceptors (Lipinski definition) is 8. The maximum atomic E-state index is 12.6. The lowest BCUT2D eigenvalue weighted by Gasteiger charge is -2.30. The highest BCUT2D eigenvalue weighted by molar-refractivity contribution is 6.12. The number of β-amino-alcohol motifs (C(OH)–C–C–N with tert-alkyl or cyclic N) is 1. The van der Waals surface area contributed by atoms with E-state index in [0.717, 1.165) is 0 Å². The molecule has 3 aliphatic heterocycles. The molecule has 0 radical (unpaired) electrons. The summed E-state index contributed by atoms with van der Waals surface area (Å²) in [4.78, 5) is 23.0.